The van der Waals surface area contributed by atoms with Crippen LogP contribution in [0.25, 0.3) is 0 Å². The third-order valence-corrected chi connectivity index (χ3v) is 5.04. The highest BCUT2D eigenvalue weighted by molar-refractivity contribution is 5.82. The molecule has 0 aromatic carbocycles. The van der Waals surface area contributed by atoms with Crippen molar-refractivity contribution < 1.29 is 4.79 Å². The molecule has 0 spiro atoms. The lowest BCUT2D eigenvalue weighted by atomic mass is 9.74. The van der Waals surface area contributed by atoms with E-state index in [1.165, 1.54) is 19.4 Å². The fraction of sp³-hybridized carbons (Fsp3) is 0.938. The van der Waals surface area contributed by atoms with Crippen LogP contribution in [0.3, 0.4) is 0 Å². The Labute approximate surface area is 118 Å². The second-order valence-electron chi connectivity index (χ2n) is 7.05. The third kappa shape index (κ3) is 3.79. The predicted molar refractivity (Wildman–Crippen MR) is 79.2 cm³/mol. The first kappa shape index (κ1) is 15.0. The zero-order valence-corrected chi connectivity index (χ0v) is 13.1. The fourth-order valence-corrected chi connectivity index (χ4v) is 3.92. The van der Waals surface area contributed by atoms with Crippen molar-refractivity contribution in [3.8, 4) is 0 Å². The van der Waals surface area contributed by atoms with E-state index < -0.39 is 0 Å². The van der Waals surface area contributed by atoms with E-state index in [-0.39, 0.29) is 5.92 Å². The van der Waals surface area contributed by atoms with E-state index in [4.69, 9.17) is 0 Å². The molecule has 1 saturated heterocycles. The maximum absolute atomic E-state index is 12.3. The molecule has 2 fully saturated rings. The van der Waals surface area contributed by atoms with Crippen LogP contribution in [0, 0.1) is 17.8 Å². The Bertz CT molecular complexity index is 318. The normalized spacial score (nSPS) is 39.3. The van der Waals surface area contributed by atoms with E-state index in [0.717, 1.165) is 26.1 Å². The first-order chi connectivity index (χ1) is 8.97. The Morgan fingerprint density at radius 3 is 2.63 bits per heavy atom. The Kier molecular flexibility index (Phi) is 5.02. The molecule has 0 bridgehead atoms. The average molecular weight is 266 g/mol. The monoisotopic (exact) mass is 266 g/mol. The van der Waals surface area contributed by atoms with E-state index in [1.807, 2.05) is 0 Å². The minimum Gasteiger partial charge on any atom is -0.305 e. The van der Waals surface area contributed by atoms with Crippen LogP contribution in [0.5, 0.6) is 0 Å². The van der Waals surface area contributed by atoms with Gasteiger partial charge in [-0.25, -0.2) is 0 Å². The molecule has 1 aliphatic heterocycles. The Balaban J connectivity index is 1.97. The largest absolute Gasteiger partial charge is 0.305 e. The number of ketones is 1. The molecule has 0 radical (unpaired) electrons. The van der Waals surface area contributed by atoms with E-state index in [9.17, 15) is 4.79 Å². The molecule has 1 aliphatic carbocycles. The summed E-state index contributed by atoms with van der Waals surface area (Å²) in [6.45, 7) is 11.3. The molecule has 110 valence electrons. The van der Waals surface area contributed by atoms with Crippen LogP contribution in [0.1, 0.15) is 40.0 Å². The quantitative estimate of drug-likeness (QED) is 0.766. The van der Waals surface area contributed by atoms with Gasteiger partial charge < -0.3 is 4.90 Å². The highest BCUT2D eigenvalue weighted by atomic mass is 16.1. The molecule has 1 heterocycles. The van der Waals surface area contributed by atoms with Gasteiger partial charge in [0.2, 0.25) is 0 Å². The lowest BCUT2D eigenvalue weighted by Gasteiger charge is -2.37. The summed E-state index contributed by atoms with van der Waals surface area (Å²) in [5.74, 6) is 1.94. The Morgan fingerprint density at radius 2 is 1.95 bits per heavy atom. The highest BCUT2D eigenvalue weighted by Crippen LogP contribution is 2.32. The number of Topliss-reactive ketones (excluding diaryl/α,β-unsaturated/α-hetero) is 1. The summed E-state index contributed by atoms with van der Waals surface area (Å²) in [7, 11) is 2.20. The van der Waals surface area contributed by atoms with Gasteiger partial charge in [-0.2, -0.15) is 0 Å². The molecule has 19 heavy (non-hydrogen) atoms. The van der Waals surface area contributed by atoms with Crippen molar-refractivity contribution in [1.29, 1.82) is 0 Å². The van der Waals surface area contributed by atoms with E-state index in [2.05, 4.69) is 37.6 Å². The van der Waals surface area contributed by atoms with Crippen molar-refractivity contribution >= 4 is 5.78 Å². The third-order valence-electron chi connectivity index (χ3n) is 5.04. The van der Waals surface area contributed by atoms with E-state index >= 15 is 0 Å². The summed E-state index contributed by atoms with van der Waals surface area (Å²) in [5, 5.41) is 0. The summed E-state index contributed by atoms with van der Waals surface area (Å²) in [6, 6.07) is 0.576. The highest BCUT2D eigenvalue weighted by Gasteiger charge is 2.34. The van der Waals surface area contributed by atoms with Crippen LogP contribution in [-0.4, -0.2) is 54.9 Å². The summed E-state index contributed by atoms with van der Waals surface area (Å²) in [6.07, 6.45) is 3.25. The molecule has 2 rings (SSSR count). The predicted octanol–water partition coefficient (Wildman–Crippen LogP) is 2.26. The van der Waals surface area contributed by atoms with Crippen LogP contribution in [0.4, 0.5) is 0 Å². The van der Waals surface area contributed by atoms with Gasteiger partial charge in [-0.3, -0.25) is 9.69 Å². The van der Waals surface area contributed by atoms with Gasteiger partial charge in [0.1, 0.15) is 5.78 Å². The summed E-state index contributed by atoms with van der Waals surface area (Å²) in [5.41, 5.74) is 0. The molecule has 0 aromatic rings. The first-order valence-electron chi connectivity index (χ1n) is 7.92. The number of nitrogens with zero attached hydrogens (tertiary/aromatic N) is 2. The standard InChI is InChI=1S/C16H30N2O/c1-12-8-13(2)15(16(19)9-12)11-18-7-5-6-17(4)10-14(18)3/h12-15H,5-11H2,1-4H3. The number of hydrogen-bond acceptors (Lipinski definition) is 3. The van der Waals surface area contributed by atoms with Gasteiger partial charge in [-0.1, -0.05) is 13.8 Å². The maximum atomic E-state index is 12.3. The lowest BCUT2D eigenvalue weighted by molar-refractivity contribution is -0.128. The molecule has 3 nitrogen and oxygen atoms in total. The van der Waals surface area contributed by atoms with Crippen molar-refractivity contribution in [2.75, 3.05) is 33.2 Å². The topological polar surface area (TPSA) is 23.6 Å². The second-order valence-corrected chi connectivity index (χ2v) is 7.05. The van der Waals surface area contributed by atoms with Gasteiger partial charge in [-0.15, -0.1) is 0 Å². The fourth-order valence-electron chi connectivity index (χ4n) is 3.92. The smallest absolute Gasteiger partial charge is 0.137 e. The molecule has 2 aliphatic rings. The van der Waals surface area contributed by atoms with Gasteiger partial charge in [0.25, 0.3) is 0 Å². The molecule has 0 aromatic heterocycles. The van der Waals surface area contributed by atoms with Gasteiger partial charge >= 0.3 is 0 Å². The van der Waals surface area contributed by atoms with Crippen molar-refractivity contribution in [2.45, 2.75) is 46.1 Å². The number of rotatable bonds is 2. The number of carbonyl (C=O) groups excluding carboxylic acids is 1. The van der Waals surface area contributed by atoms with Crippen molar-refractivity contribution in [3.05, 3.63) is 0 Å². The zero-order valence-electron chi connectivity index (χ0n) is 13.1. The van der Waals surface area contributed by atoms with Crippen LogP contribution >= 0.6 is 0 Å². The van der Waals surface area contributed by atoms with Crippen LogP contribution in [0.15, 0.2) is 0 Å². The van der Waals surface area contributed by atoms with E-state index in [1.54, 1.807) is 0 Å². The van der Waals surface area contributed by atoms with Crippen LogP contribution in [0.2, 0.25) is 0 Å². The number of hydrogen-bond donors (Lipinski definition) is 0. The molecular weight excluding hydrogens is 236 g/mol. The molecule has 0 amide bonds. The summed E-state index contributed by atoms with van der Waals surface area (Å²) < 4.78 is 0. The molecule has 3 heteroatoms. The van der Waals surface area contributed by atoms with Gasteiger partial charge in [0.15, 0.2) is 0 Å². The summed E-state index contributed by atoms with van der Waals surface area (Å²) in [4.78, 5) is 17.3. The van der Waals surface area contributed by atoms with Crippen molar-refractivity contribution in [3.63, 3.8) is 0 Å². The molecule has 0 N–H and O–H groups in total. The van der Waals surface area contributed by atoms with Gasteiger partial charge in [0, 0.05) is 31.5 Å². The maximum Gasteiger partial charge on any atom is 0.137 e. The Morgan fingerprint density at radius 1 is 1.21 bits per heavy atom. The first-order valence-corrected chi connectivity index (χ1v) is 7.92. The SMILES string of the molecule is CC1CC(=O)C(CN2CCCN(C)CC2C)C(C)C1. The Hall–Kier alpha value is -0.410. The lowest BCUT2D eigenvalue weighted by Crippen LogP contribution is -2.45. The van der Waals surface area contributed by atoms with E-state index in [0.29, 0.717) is 23.7 Å². The molecular formula is C16H30N2O. The van der Waals surface area contributed by atoms with Crippen LogP contribution < -0.4 is 0 Å². The van der Waals surface area contributed by atoms with Gasteiger partial charge in [0.05, 0.1) is 0 Å². The second kappa shape index (κ2) is 6.36. The number of likely N-dealkylation sites (N-methyl/N-ethyl adjacent to an activating group) is 1. The van der Waals surface area contributed by atoms with Crippen LogP contribution in [-0.2, 0) is 4.79 Å². The molecule has 1 saturated carbocycles. The minimum atomic E-state index is 0.280. The summed E-state index contributed by atoms with van der Waals surface area (Å²) >= 11 is 0. The van der Waals surface area contributed by atoms with Crippen molar-refractivity contribution in [2.24, 2.45) is 17.8 Å². The average Bonchev–Trinajstić information content (AvgIpc) is 2.45. The molecule has 4 unspecified atom stereocenters. The van der Waals surface area contributed by atoms with Crippen molar-refractivity contribution in [1.82, 2.24) is 9.80 Å². The zero-order chi connectivity index (χ0) is 14.0. The number of carbonyl (C=O) groups is 1. The minimum absolute atomic E-state index is 0.280. The van der Waals surface area contributed by atoms with Gasteiger partial charge in [-0.05, 0) is 51.7 Å². The molecule has 4 atom stereocenters.